The highest BCUT2D eigenvalue weighted by molar-refractivity contribution is 5.75. The molecule has 4 heteroatoms. The first-order chi connectivity index (χ1) is 5.72. The quantitative estimate of drug-likeness (QED) is 0.351. The first-order valence-corrected chi connectivity index (χ1v) is 3.74. The van der Waals surface area contributed by atoms with Crippen LogP contribution in [0.5, 0.6) is 0 Å². The zero-order valence-corrected chi connectivity index (χ0v) is 7.29. The molecule has 0 aromatic carbocycles. The fraction of sp³-hybridized carbons (Fsp3) is 0.625. The topological polar surface area (TPSA) is 61.5 Å². The highest BCUT2D eigenvalue weighted by Gasteiger charge is 2.12. The fourth-order valence-corrected chi connectivity index (χ4v) is 0.646. The van der Waals surface area contributed by atoms with Crippen LogP contribution < -0.4 is 5.73 Å². The van der Waals surface area contributed by atoms with Crippen LogP contribution in [0.2, 0.25) is 0 Å². The molecular weight excluding hydrogens is 158 g/mol. The van der Waals surface area contributed by atoms with E-state index in [0.29, 0.717) is 19.6 Å². The summed E-state index contributed by atoms with van der Waals surface area (Å²) in [7, 11) is 1.31. The van der Waals surface area contributed by atoms with Crippen molar-refractivity contribution in [3.63, 3.8) is 0 Å². The summed E-state index contributed by atoms with van der Waals surface area (Å²) in [5.74, 6) is -0.405. The molecule has 0 amide bonds. The van der Waals surface area contributed by atoms with E-state index in [9.17, 15) is 4.79 Å². The van der Waals surface area contributed by atoms with E-state index in [-0.39, 0.29) is 0 Å². The third-order valence-corrected chi connectivity index (χ3v) is 1.31. The Bertz CT molecular complexity index is 147. The molecule has 4 nitrogen and oxygen atoms in total. The van der Waals surface area contributed by atoms with Gasteiger partial charge in [-0.3, -0.25) is 4.79 Å². The first-order valence-electron chi connectivity index (χ1n) is 3.74. The van der Waals surface area contributed by atoms with E-state index in [1.54, 1.807) is 6.08 Å². The van der Waals surface area contributed by atoms with Gasteiger partial charge in [0.05, 0.1) is 13.7 Å². The van der Waals surface area contributed by atoms with Gasteiger partial charge in [0.2, 0.25) is 0 Å². The first kappa shape index (κ1) is 11.1. The molecule has 0 unspecified atom stereocenters. The molecular formula is C8H15NO3. The molecule has 1 atom stereocenters. The Morgan fingerprint density at radius 3 is 2.92 bits per heavy atom. The monoisotopic (exact) mass is 173 g/mol. The van der Waals surface area contributed by atoms with Crippen molar-refractivity contribution in [2.24, 2.45) is 5.73 Å². The van der Waals surface area contributed by atoms with Gasteiger partial charge in [-0.05, 0) is 6.42 Å². The van der Waals surface area contributed by atoms with Crippen LogP contribution in [0.15, 0.2) is 12.7 Å². The van der Waals surface area contributed by atoms with Crippen molar-refractivity contribution >= 4 is 5.97 Å². The molecule has 12 heavy (non-hydrogen) atoms. The summed E-state index contributed by atoms with van der Waals surface area (Å²) in [5.41, 5.74) is 5.43. The predicted molar refractivity (Wildman–Crippen MR) is 45.6 cm³/mol. The number of rotatable bonds is 6. The van der Waals surface area contributed by atoms with Crippen LogP contribution in [0.4, 0.5) is 0 Å². The van der Waals surface area contributed by atoms with E-state index >= 15 is 0 Å². The number of hydrogen-bond donors (Lipinski definition) is 1. The zero-order chi connectivity index (χ0) is 9.40. The summed E-state index contributed by atoms with van der Waals surface area (Å²) in [6, 6.07) is -0.584. The maximum atomic E-state index is 10.8. The molecule has 0 aromatic rings. The van der Waals surface area contributed by atoms with Gasteiger partial charge >= 0.3 is 5.97 Å². The molecule has 0 rings (SSSR count). The standard InChI is InChI=1S/C8H15NO3/c1-3-5-12-6-4-7(9)8(10)11-2/h3,7H,1,4-6,9H2,2H3/t7-/m0/s1. The van der Waals surface area contributed by atoms with E-state index < -0.39 is 12.0 Å². The van der Waals surface area contributed by atoms with Crippen molar-refractivity contribution in [1.29, 1.82) is 0 Å². The minimum Gasteiger partial charge on any atom is -0.468 e. The second kappa shape index (κ2) is 6.82. The molecule has 0 spiro atoms. The average molecular weight is 173 g/mol. The molecule has 0 fully saturated rings. The minimum absolute atomic E-state index is 0.405. The van der Waals surface area contributed by atoms with Gasteiger partial charge in [0, 0.05) is 6.61 Å². The van der Waals surface area contributed by atoms with Crippen LogP contribution in [0, 0.1) is 0 Å². The van der Waals surface area contributed by atoms with Gasteiger partial charge in [0.25, 0.3) is 0 Å². The molecule has 2 N–H and O–H groups in total. The number of esters is 1. The van der Waals surface area contributed by atoms with Gasteiger partial charge in [-0.15, -0.1) is 6.58 Å². The lowest BCUT2D eigenvalue weighted by Gasteiger charge is -2.08. The van der Waals surface area contributed by atoms with Crippen molar-refractivity contribution in [2.45, 2.75) is 12.5 Å². The Morgan fingerprint density at radius 1 is 1.75 bits per heavy atom. The second-order valence-electron chi connectivity index (χ2n) is 2.28. The van der Waals surface area contributed by atoms with Crippen LogP contribution in [0.1, 0.15) is 6.42 Å². The summed E-state index contributed by atoms with van der Waals surface area (Å²) in [5, 5.41) is 0. The third-order valence-electron chi connectivity index (χ3n) is 1.31. The Balaban J connectivity index is 3.36. The zero-order valence-electron chi connectivity index (χ0n) is 7.29. The molecule has 0 aromatic heterocycles. The maximum absolute atomic E-state index is 10.8. The Morgan fingerprint density at radius 2 is 2.42 bits per heavy atom. The lowest BCUT2D eigenvalue weighted by Crippen LogP contribution is -2.32. The smallest absolute Gasteiger partial charge is 0.322 e. The van der Waals surface area contributed by atoms with E-state index in [1.807, 2.05) is 0 Å². The third kappa shape index (κ3) is 4.87. The van der Waals surface area contributed by atoms with Crippen molar-refractivity contribution in [3.8, 4) is 0 Å². The SMILES string of the molecule is C=CCOCC[C@H](N)C(=O)OC. The van der Waals surface area contributed by atoms with E-state index in [0.717, 1.165) is 0 Å². The molecule has 0 saturated heterocycles. The summed E-state index contributed by atoms with van der Waals surface area (Å²) >= 11 is 0. The molecule has 0 aliphatic rings. The summed E-state index contributed by atoms with van der Waals surface area (Å²) in [4.78, 5) is 10.8. The van der Waals surface area contributed by atoms with Gasteiger partial charge in [0.1, 0.15) is 6.04 Å². The minimum atomic E-state index is -0.584. The molecule has 0 radical (unpaired) electrons. The van der Waals surface area contributed by atoms with Crippen molar-refractivity contribution in [2.75, 3.05) is 20.3 Å². The predicted octanol–water partition coefficient (Wildman–Crippen LogP) is 0.0794. The number of hydrogen-bond acceptors (Lipinski definition) is 4. The maximum Gasteiger partial charge on any atom is 0.322 e. The molecule has 0 aliphatic heterocycles. The summed E-state index contributed by atoms with van der Waals surface area (Å²) in [6.07, 6.45) is 2.12. The van der Waals surface area contributed by atoms with Crippen molar-refractivity contribution in [1.82, 2.24) is 0 Å². The number of carbonyl (C=O) groups is 1. The Kier molecular flexibility index (Phi) is 6.32. The average Bonchev–Trinajstić information content (AvgIpc) is 2.10. The highest BCUT2D eigenvalue weighted by Crippen LogP contribution is 1.91. The number of nitrogens with two attached hydrogens (primary N) is 1. The Hall–Kier alpha value is -0.870. The molecule has 0 aliphatic carbocycles. The number of ether oxygens (including phenoxy) is 2. The lowest BCUT2D eigenvalue weighted by molar-refractivity contribution is -0.142. The van der Waals surface area contributed by atoms with Crippen LogP contribution in [-0.4, -0.2) is 32.3 Å². The fourth-order valence-electron chi connectivity index (χ4n) is 0.646. The second-order valence-corrected chi connectivity index (χ2v) is 2.28. The van der Waals surface area contributed by atoms with Gasteiger partial charge in [-0.25, -0.2) is 0 Å². The molecule has 0 saturated carbocycles. The molecule has 0 heterocycles. The molecule has 0 bridgehead atoms. The van der Waals surface area contributed by atoms with Crippen LogP contribution in [-0.2, 0) is 14.3 Å². The molecule has 70 valence electrons. The number of methoxy groups -OCH3 is 1. The van der Waals surface area contributed by atoms with Crippen LogP contribution in [0.25, 0.3) is 0 Å². The van der Waals surface area contributed by atoms with E-state index in [1.165, 1.54) is 7.11 Å². The van der Waals surface area contributed by atoms with Gasteiger partial charge in [0.15, 0.2) is 0 Å². The number of carbonyl (C=O) groups excluding carboxylic acids is 1. The Labute approximate surface area is 72.3 Å². The lowest BCUT2D eigenvalue weighted by atomic mass is 10.2. The van der Waals surface area contributed by atoms with Gasteiger partial charge in [-0.1, -0.05) is 6.08 Å². The van der Waals surface area contributed by atoms with Gasteiger partial charge < -0.3 is 15.2 Å². The summed E-state index contributed by atoms with van der Waals surface area (Å²) in [6.45, 7) is 4.41. The van der Waals surface area contributed by atoms with Crippen LogP contribution in [0.3, 0.4) is 0 Å². The van der Waals surface area contributed by atoms with Gasteiger partial charge in [-0.2, -0.15) is 0 Å². The van der Waals surface area contributed by atoms with Crippen LogP contribution >= 0.6 is 0 Å². The largest absolute Gasteiger partial charge is 0.468 e. The van der Waals surface area contributed by atoms with Crippen molar-refractivity contribution < 1.29 is 14.3 Å². The normalized spacial score (nSPS) is 12.2. The highest BCUT2D eigenvalue weighted by atomic mass is 16.5. The van der Waals surface area contributed by atoms with Crippen molar-refractivity contribution in [3.05, 3.63) is 12.7 Å². The van der Waals surface area contributed by atoms with E-state index in [4.69, 9.17) is 10.5 Å². The van der Waals surface area contributed by atoms with E-state index in [2.05, 4.69) is 11.3 Å². The summed E-state index contributed by atoms with van der Waals surface area (Å²) < 4.78 is 9.47.